The zero-order chi connectivity index (χ0) is 17.5. The highest BCUT2D eigenvalue weighted by Crippen LogP contribution is 2.41. The standard InChI is InChI=1S/C18H16N8/c19-4-3-16(12-1-2-12)26-11-14(10-23-26)18-24-15(13-8-21-22-9-13)7-17-20-5-6-25(17)18/h5-12,16H,1-3H2,(H,21,22). The van der Waals surface area contributed by atoms with Crippen molar-refractivity contribution in [2.45, 2.75) is 25.3 Å². The molecule has 4 aromatic heterocycles. The van der Waals surface area contributed by atoms with Gasteiger partial charge in [-0.1, -0.05) is 0 Å². The summed E-state index contributed by atoms with van der Waals surface area (Å²) in [5, 5.41) is 20.5. The van der Waals surface area contributed by atoms with E-state index < -0.39 is 0 Å². The number of nitrogens with one attached hydrogen (secondary N) is 1. The zero-order valence-electron chi connectivity index (χ0n) is 13.9. The summed E-state index contributed by atoms with van der Waals surface area (Å²) in [6.45, 7) is 0. The highest BCUT2D eigenvalue weighted by Gasteiger charge is 2.33. The Kier molecular flexibility index (Phi) is 3.31. The molecule has 5 rings (SSSR count). The van der Waals surface area contributed by atoms with Crippen molar-refractivity contribution in [2.75, 3.05) is 0 Å². The summed E-state index contributed by atoms with van der Waals surface area (Å²) in [6.07, 6.45) is 13.8. The average Bonchev–Trinajstić information content (AvgIpc) is 3.11. The Bertz CT molecular complexity index is 1090. The smallest absolute Gasteiger partial charge is 0.149 e. The minimum atomic E-state index is 0.143. The van der Waals surface area contributed by atoms with E-state index in [1.807, 2.05) is 39.9 Å². The number of fused-ring (bicyclic) bond motifs is 1. The molecule has 1 N–H and O–H groups in total. The summed E-state index contributed by atoms with van der Waals surface area (Å²) in [4.78, 5) is 9.22. The lowest BCUT2D eigenvalue weighted by Crippen LogP contribution is -2.11. The van der Waals surface area contributed by atoms with E-state index in [4.69, 9.17) is 10.2 Å². The average molecular weight is 344 g/mol. The van der Waals surface area contributed by atoms with Gasteiger partial charge in [0.1, 0.15) is 11.5 Å². The molecule has 0 spiro atoms. The Labute approximate surface area is 149 Å². The predicted octanol–water partition coefficient (Wildman–Crippen LogP) is 2.85. The van der Waals surface area contributed by atoms with Gasteiger partial charge in [-0.3, -0.25) is 14.2 Å². The first kappa shape index (κ1) is 14.8. The van der Waals surface area contributed by atoms with Gasteiger partial charge in [0.15, 0.2) is 0 Å². The number of nitriles is 1. The fourth-order valence-corrected chi connectivity index (χ4v) is 3.35. The molecule has 0 radical (unpaired) electrons. The second kappa shape index (κ2) is 5.81. The second-order valence-electron chi connectivity index (χ2n) is 6.58. The van der Waals surface area contributed by atoms with Gasteiger partial charge in [-0.25, -0.2) is 9.97 Å². The third-order valence-corrected chi connectivity index (χ3v) is 4.85. The molecule has 1 aliphatic rings. The lowest BCUT2D eigenvalue weighted by atomic mass is 10.1. The molecule has 1 aliphatic carbocycles. The molecule has 0 saturated heterocycles. The number of H-pyrrole nitrogens is 1. The summed E-state index contributed by atoms with van der Waals surface area (Å²) in [7, 11) is 0. The molecule has 4 heterocycles. The Morgan fingerprint density at radius 1 is 1.31 bits per heavy atom. The van der Waals surface area contributed by atoms with Crippen LogP contribution in [0, 0.1) is 17.2 Å². The number of rotatable bonds is 5. The van der Waals surface area contributed by atoms with E-state index in [2.05, 4.69) is 26.3 Å². The number of aromatic amines is 1. The van der Waals surface area contributed by atoms with Gasteiger partial charge in [0, 0.05) is 36.4 Å². The van der Waals surface area contributed by atoms with E-state index in [9.17, 15) is 0 Å². The monoisotopic (exact) mass is 344 g/mol. The molecule has 8 heteroatoms. The lowest BCUT2D eigenvalue weighted by Gasteiger charge is -2.12. The first-order valence-electron chi connectivity index (χ1n) is 8.58. The van der Waals surface area contributed by atoms with Crippen molar-refractivity contribution in [1.82, 2.24) is 34.3 Å². The Hall–Kier alpha value is -3.47. The maximum atomic E-state index is 9.13. The highest BCUT2D eigenvalue weighted by molar-refractivity contribution is 5.68. The Balaban J connectivity index is 1.61. The molecule has 1 unspecified atom stereocenters. The molecular formula is C18H16N8. The van der Waals surface area contributed by atoms with Crippen molar-refractivity contribution >= 4 is 5.65 Å². The summed E-state index contributed by atoms with van der Waals surface area (Å²) in [6, 6.07) is 4.36. The largest absolute Gasteiger partial charge is 0.285 e. The molecule has 0 bridgehead atoms. The Morgan fingerprint density at radius 2 is 2.23 bits per heavy atom. The van der Waals surface area contributed by atoms with E-state index in [-0.39, 0.29) is 6.04 Å². The van der Waals surface area contributed by atoms with Crippen molar-refractivity contribution in [2.24, 2.45) is 5.92 Å². The van der Waals surface area contributed by atoms with Gasteiger partial charge in [-0.15, -0.1) is 0 Å². The molecule has 0 amide bonds. The minimum Gasteiger partial charge on any atom is -0.285 e. The maximum Gasteiger partial charge on any atom is 0.149 e. The normalized spacial score (nSPS) is 15.2. The van der Waals surface area contributed by atoms with Gasteiger partial charge in [-0.2, -0.15) is 15.5 Å². The molecule has 128 valence electrons. The fraction of sp³-hybridized carbons (Fsp3) is 0.278. The SMILES string of the molecule is N#CCC(C1CC1)n1cc(-c2nc(-c3cn[nH]c3)cc3nccn23)cn1. The summed E-state index contributed by atoms with van der Waals surface area (Å²) in [5.41, 5.74) is 3.43. The minimum absolute atomic E-state index is 0.143. The van der Waals surface area contributed by atoms with E-state index in [1.54, 1.807) is 12.4 Å². The van der Waals surface area contributed by atoms with Gasteiger partial charge >= 0.3 is 0 Å². The van der Waals surface area contributed by atoms with E-state index >= 15 is 0 Å². The molecule has 26 heavy (non-hydrogen) atoms. The van der Waals surface area contributed by atoms with E-state index in [1.165, 1.54) is 12.8 Å². The Morgan fingerprint density at radius 3 is 3.00 bits per heavy atom. The molecule has 1 saturated carbocycles. The van der Waals surface area contributed by atoms with Crippen LogP contribution >= 0.6 is 0 Å². The van der Waals surface area contributed by atoms with E-state index in [0.717, 1.165) is 28.3 Å². The molecule has 1 atom stereocenters. The quantitative estimate of drug-likeness (QED) is 0.600. The number of hydrogen-bond donors (Lipinski definition) is 1. The maximum absolute atomic E-state index is 9.13. The van der Waals surface area contributed by atoms with Crippen LogP contribution in [0.15, 0.2) is 43.2 Å². The first-order chi connectivity index (χ1) is 12.8. The van der Waals surface area contributed by atoms with Crippen molar-refractivity contribution < 1.29 is 0 Å². The molecule has 8 nitrogen and oxygen atoms in total. The van der Waals surface area contributed by atoms with Crippen LogP contribution in [0.2, 0.25) is 0 Å². The van der Waals surface area contributed by atoms with Crippen LogP contribution < -0.4 is 0 Å². The summed E-state index contributed by atoms with van der Waals surface area (Å²) >= 11 is 0. The third kappa shape index (κ3) is 2.45. The van der Waals surface area contributed by atoms with Crippen molar-refractivity contribution in [3.05, 3.63) is 43.2 Å². The topological polar surface area (TPSA) is 100 Å². The summed E-state index contributed by atoms with van der Waals surface area (Å²) < 4.78 is 3.87. The number of aromatic nitrogens is 7. The van der Waals surface area contributed by atoms with E-state index in [0.29, 0.717) is 12.3 Å². The van der Waals surface area contributed by atoms with Crippen LogP contribution in [0.25, 0.3) is 28.3 Å². The molecular weight excluding hydrogens is 328 g/mol. The van der Waals surface area contributed by atoms with Crippen LogP contribution in [-0.2, 0) is 0 Å². The molecule has 0 aliphatic heterocycles. The third-order valence-electron chi connectivity index (χ3n) is 4.85. The van der Waals surface area contributed by atoms with Crippen molar-refractivity contribution in [3.8, 4) is 28.7 Å². The highest BCUT2D eigenvalue weighted by atomic mass is 15.3. The second-order valence-corrected chi connectivity index (χ2v) is 6.58. The zero-order valence-corrected chi connectivity index (χ0v) is 13.9. The predicted molar refractivity (Wildman–Crippen MR) is 93.8 cm³/mol. The van der Waals surface area contributed by atoms with Crippen LogP contribution in [-0.4, -0.2) is 34.3 Å². The van der Waals surface area contributed by atoms with Crippen LogP contribution in [0.4, 0.5) is 0 Å². The van der Waals surface area contributed by atoms with Gasteiger partial charge in [0.25, 0.3) is 0 Å². The lowest BCUT2D eigenvalue weighted by molar-refractivity contribution is 0.412. The number of nitrogens with zero attached hydrogens (tertiary/aromatic N) is 7. The molecule has 4 aromatic rings. The van der Waals surface area contributed by atoms with Gasteiger partial charge < -0.3 is 0 Å². The fourth-order valence-electron chi connectivity index (χ4n) is 3.35. The van der Waals surface area contributed by atoms with Crippen LogP contribution in [0.1, 0.15) is 25.3 Å². The first-order valence-corrected chi connectivity index (χ1v) is 8.58. The van der Waals surface area contributed by atoms with Crippen molar-refractivity contribution in [3.63, 3.8) is 0 Å². The summed E-state index contributed by atoms with van der Waals surface area (Å²) in [5.74, 6) is 1.33. The van der Waals surface area contributed by atoms with Crippen LogP contribution in [0.3, 0.4) is 0 Å². The number of hydrogen-bond acceptors (Lipinski definition) is 5. The van der Waals surface area contributed by atoms with Crippen LogP contribution in [0.5, 0.6) is 0 Å². The molecule has 0 aromatic carbocycles. The number of imidazole rings is 1. The van der Waals surface area contributed by atoms with Gasteiger partial charge in [0.2, 0.25) is 0 Å². The molecule has 1 fully saturated rings. The van der Waals surface area contributed by atoms with Gasteiger partial charge in [-0.05, 0) is 18.8 Å². The van der Waals surface area contributed by atoms with Crippen molar-refractivity contribution in [1.29, 1.82) is 5.26 Å². The van der Waals surface area contributed by atoms with Gasteiger partial charge in [0.05, 0.1) is 42.2 Å².